The van der Waals surface area contributed by atoms with E-state index in [1.54, 1.807) is 25.1 Å². The van der Waals surface area contributed by atoms with E-state index in [9.17, 15) is 18.4 Å². The number of alkyl halides is 3. The summed E-state index contributed by atoms with van der Waals surface area (Å²) < 4.78 is 41.1. The van der Waals surface area contributed by atoms with Gasteiger partial charge in [0.1, 0.15) is 23.2 Å². The number of aromatic nitrogens is 1. The number of ether oxygens (including phenoxy) is 1. The van der Waals surface area contributed by atoms with Crippen LogP contribution in [0.4, 0.5) is 19.0 Å². The third-order valence-electron chi connectivity index (χ3n) is 4.14. The first-order valence-electron chi connectivity index (χ1n) is 8.12. The fourth-order valence-corrected chi connectivity index (χ4v) is 3.43. The number of benzene rings is 2. The van der Waals surface area contributed by atoms with Crippen LogP contribution in [0, 0.1) is 18.3 Å². The lowest BCUT2D eigenvalue weighted by Crippen LogP contribution is -2.16. The lowest BCUT2D eigenvalue weighted by atomic mass is 9.93. The molecule has 0 radical (unpaired) electrons. The SMILES string of the molecule is Cc1c(-c2ccc(Cl)cc2Cl)nc(N)c(C#N)c1-c1ccc(OC(F)(F)F)cc1. The first-order valence-corrected chi connectivity index (χ1v) is 8.88. The van der Waals surface area contributed by atoms with Crippen LogP contribution in [0.25, 0.3) is 22.4 Å². The van der Waals surface area contributed by atoms with Gasteiger partial charge in [-0.05, 0) is 48.4 Å². The van der Waals surface area contributed by atoms with Crippen LogP contribution in [0.15, 0.2) is 42.5 Å². The molecular formula is C20H12Cl2F3N3O. The Morgan fingerprint density at radius 3 is 2.31 bits per heavy atom. The summed E-state index contributed by atoms with van der Waals surface area (Å²) in [5, 5.41) is 10.3. The Kier molecular flexibility index (Phi) is 5.60. The van der Waals surface area contributed by atoms with Gasteiger partial charge in [0.15, 0.2) is 0 Å². The van der Waals surface area contributed by atoms with E-state index < -0.39 is 6.36 Å². The molecule has 0 unspecified atom stereocenters. The van der Waals surface area contributed by atoms with Gasteiger partial charge in [-0.3, -0.25) is 0 Å². The molecule has 2 aromatic carbocycles. The number of nitrogen functional groups attached to an aromatic ring is 1. The average Bonchev–Trinajstić information content (AvgIpc) is 2.63. The maximum absolute atomic E-state index is 12.4. The van der Waals surface area contributed by atoms with Gasteiger partial charge in [0.05, 0.1) is 10.7 Å². The van der Waals surface area contributed by atoms with Crippen LogP contribution >= 0.6 is 23.2 Å². The highest BCUT2D eigenvalue weighted by atomic mass is 35.5. The highest BCUT2D eigenvalue weighted by Crippen LogP contribution is 2.39. The smallest absolute Gasteiger partial charge is 0.406 e. The lowest BCUT2D eigenvalue weighted by Gasteiger charge is -2.16. The topological polar surface area (TPSA) is 71.9 Å². The maximum atomic E-state index is 12.4. The van der Waals surface area contributed by atoms with Crippen molar-refractivity contribution in [2.75, 3.05) is 5.73 Å². The van der Waals surface area contributed by atoms with E-state index in [1.165, 1.54) is 12.1 Å². The molecule has 0 aliphatic heterocycles. The quantitative estimate of drug-likeness (QED) is 0.515. The summed E-state index contributed by atoms with van der Waals surface area (Å²) in [7, 11) is 0. The summed E-state index contributed by atoms with van der Waals surface area (Å²) in [6.45, 7) is 1.73. The van der Waals surface area contributed by atoms with Crippen molar-refractivity contribution in [2.24, 2.45) is 0 Å². The van der Waals surface area contributed by atoms with Gasteiger partial charge in [0, 0.05) is 16.1 Å². The molecular weight excluding hydrogens is 426 g/mol. The Hall–Kier alpha value is -2.95. The summed E-state index contributed by atoms with van der Waals surface area (Å²) in [6, 6.07) is 12.0. The van der Waals surface area contributed by atoms with Gasteiger partial charge >= 0.3 is 6.36 Å². The fraction of sp³-hybridized carbons (Fsp3) is 0.100. The van der Waals surface area contributed by atoms with Crippen LogP contribution in [0.3, 0.4) is 0 Å². The molecule has 0 atom stereocenters. The number of hydrogen-bond donors (Lipinski definition) is 1. The minimum absolute atomic E-state index is 0.0234. The Morgan fingerprint density at radius 2 is 1.76 bits per heavy atom. The van der Waals surface area contributed by atoms with Crippen LogP contribution in [0.2, 0.25) is 10.0 Å². The molecule has 0 bridgehead atoms. The van der Waals surface area contributed by atoms with Crippen molar-refractivity contribution in [3.8, 4) is 34.2 Å². The van der Waals surface area contributed by atoms with Crippen LogP contribution in [-0.4, -0.2) is 11.3 Å². The van der Waals surface area contributed by atoms with Crippen molar-refractivity contribution in [1.29, 1.82) is 5.26 Å². The van der Waals surface area contributed by atoms with E-state index in [0.29, 0.717) is 38.0 Å². The standard InChI is InChI=1S/C20H12Cl2F3N3O/c1-10-17(11-2-5-13(6-3-11)29-20(23,24)25)15(9-26)19(27)28-18(10)14-7-4-12(21)8-16(14)22/h2-8H,1H3,(H2,27,28). The molecule has 0 fully saturated rings. The molecule has 4 nitrogen and oxygen atoms in total. The number of nitriles is 1. The zero-order valence-corrected chi connectivity index (χ0v) is 16.3. The van der Waals surface area contributed by atoms with Gasteiger partial charge in [-0.25, -0.2) is 4.98 Å². The molecule has 0 aliphatic rings. The highest BCUT2D eigenvalue weighted by molar-refractivity contribution is 6.36. The second kappa shape index (κ2) is 7.82. The van der Waals surface area contributed by atoms with E-state index >= 15 is 0 Å². The van der Waals surface area contributed by atoms with Gasteiger partial charge in [0.2, 0.25) is 0 Å². The number of nitrogens with zero attached hydrogens (tertiary/aromatic N) is 2. The molecule has 0 saturated heterocycles. The summed E-state index contributed by atoms with van der Waals surface area (Å²) in [5.41, 5.74) is 8.61. The van der Waals surface area contributed by atoms with Crippen LogP contribution < -0.4 is 10.5 Å². The Labute approximate surface area is 174 Å². The molecule has 3 rings (SSSR count). The molecule has 0 spiro atoms. The zero-order chi connectivity index (χ0) is 21.3. The van der Waals surface area contributed by atoms with Crippen molar-refractivity contribution in [2.45, 2.75) is 13.3 Å². The normalized spacial score (nSPS) is 11.2. The molecule has 2 N–H and O–H groups in total. The molecule has 29 heavy (non-hydrogen) atoms. The second-order valence-corrected chi connectivity index (χ2v) is 6.87. The zero-order valence-electron chi connectivity index (χ0n) is 14.8. The summed E-state index contributed by atoms with van der Waals surface area (Å²) in [6.07, 6.45) is -4.80. The third kappa shape index (κ3) is 4.39. The van der Waals surface area contributed by atoms with Gasteiger partial charge in [-0.2, -0.15) is 5.26 Å². The summed E-state index contributed by atoms with van der Waals surface area (Å²) in [4.78, 5) is 4.31. The number of nitrogens with two attached hydrogens (primary N) is 1. The van der Waals surface area contributed by atoms with E-state index in [0.717, 1.165) is 12.1 Å². The third-order valence-corrected chi connectivity index (χ3v) is 4.69. The molecule has 0 amide bonds. The largest absolute Gasteiger partial charge is 0.573 e. The van der Waals surface area contributed by atoms with Crippen molar-refractivity contribution >= 4 is 29.0 Å². The maximum Gasteiger partial charge on any atom is 0.573 e. The van der Waals surface area contributed by atoms with Gasteiger partial charge in [-0.1, -0.05) is 35.3 Å². The van der Waals surface area contributed by atoms with Crippen molar-refractivity contribution in [1.82, 2.24) is 4.98 Å². The molecule has 3 aromatic rings. The molecule has 0 aliphatic carbocycles. The van der Waals surface area contributed by atoms with E-state index in [1.807, 2.05) is 6.07 Å². The van der Waals surface area contributed by atoms with Crippen LogP contribution in [-0.2, 0) is 0 Å². The molecule has 0 saturated carbocycles. The lowest BCUT2D eigenvalue weighted by molar-refractivity contribution is -0.274. The average molecular weight is 438 g/mol. The van der Waals surface area contributed by atoms with Crippen molar-refractivity contribution < 1.29 is 17.9 Å². The first kappa shape index (κ1) is 20.8. The van der Waals surface area contributed by atoms with Gasteiger partial charge < -0.3 is 10.5 Å². The number of halogens is 5. The molecule has 148 valence electrons. The van der Waals surface area contributed by atoms with E-state index in [4.69, 9.17) is 28.9 Å². The van der Waals surface area contributed by atoms with E-state index in [2.05, 4.69) is 9.72 Å². The van der Waals surface area contributed by atoms with Crippen molar-refractivity contribution in [3.63, 3.8) is 0 Å². The predicted octanol–water partition coefficient (Wildman–Crippen LogP) is 6.38. The monoisotopic (exact) mass is 437 g/mol. The highest BCUT2D eigenvalue weighted by Gasteiger charge is 2.31. The minimum Gasteiger partial charge on any atom is -0.406 e. The summed E-state index contributed by atoms with van der Waals surface area (Å²) in [5.74, 6) is -0.398. The summed E-state index contributed by atoms with van der Waals surface area (Å²) >= 11 is 12.2. The Morgan fingerprint density at radius 1 is 1.10 bits per heavy atom. The number of anilines is 1. The number of pyridine rings is 1. The van der Waals surface area contributed by atoms with Gasteiger partial charge in [0.25, 0.3) is 0 Å². The van der Waals surface area contributed by atoms with E-state index in [-0.39, 0.29) is 17.1 Å². The van der Waals surface area contributed by atoms with Crippen LogP contribution in [0.1, 0.15) is 11.1 Å². The Bertz CT molecular complexity index is 1120. The van der Waals surface area contributed by atoms with Crippen molar-refractivity contribution in [3.05, 3.63) is 63.6 Å². The second-order valence-electron chi connectivity index (χ2n) is 6.03. The Balaban J connectivity index is 2.18. The number of rotatable bonds is 3. The first-order chi connectivity index (χ1) is 13.6. The molecule has 1 heterocycles. The predicted molar refractivity (Wildman–Crippen MR) is 106 cm³/mol. The molecule has 1 aromatic heterocycles. The molecule has 9 heteroatoms. The van der Waals surface area contributed by atoms with Crippen LogP contribution in [0.5, 0.6) is 5.75 Å². The minimum atomic E-state index is -4.80. The fourth-order valence-electron chi connectivity index (χ4n) is 2.94. The van der Waals surface area contributed by atoms with Gasteiger partial charge in [-0.15, -0.1) is 13.2 Å². The number of hydrogen-bond acceptors (Lipinski definition) is 4.